The second-order valence-corrected chi connectivity index (χ2v) is 7.53. The van der Waals surface area contributed by atoms with Crippen LogP contribution in [0.3, 0.4) is 0 Å². The molecule has 3 N–H and O–H groups in total. The van der Waals surface area contributed by atoms with Crippen LogP contribution in [0.25, 0.3) is 0 Å². The van der Waals surface area contributed by atoms with E-state index in [4.69, 9.17) is 4.74 Å². The molecule has 2 aromatic rings. The van der Waals surface area contributed by atoms with Gasteiger partial charge in [-0.1, -0.05) is 24.3 Å². The molecule has 0 saturated heterocycles. The van der Waals surface area contributed by atoms with Gasteiger partial charge in [-0.3, -0.25) is 4.79 Å². The van der Waals surface area contributed by atoms with Gasteiger partial charge in [0.1, 0.15) is 0 Å². The van der Waals surface area contributed by atoms with E-state index in [1.54, 1.807) is 0 Å². The molecular weight excluding hydrogens is 399 g/mol. The van der Waals surface area contributed by atoms with Crippen molar-refractivity contribution in [1.29, 1.82) is 0 Å². The zero-order valence-electron chi connectivity index (χ0n) is 16.9. The van der Waals surface area contributed by atoms with Gasteiger partial charge in [-0.05, 0) is 44.0 Å². The molecule has 3 amide bonds. The summed E-state index contributed by atoms with van der Waals surface area (Å²) in [6.45, 7) is 6.04. The first-order chi connectivity index (χ1) is 14.0. The maximum atomic E-state index is 13.5. The van der Waals surface area contributed by atoms with E-state index in [2.05, 4.69) is 16.0 Å². The third-order valence-corrected chi connectivity index (χ3v) is 3.84. The molecule has 2 aromatic carbocycles. The fourth-order valence-corrected chi connectivity index (χ4v) is 2.35. The van der Waals surface area contributed by atoms with Crippen molar-refractivity contribution in [3.8, 4) is 0 Å². The van der Waals surface area contributed by atoms with Crippen LogP contribution in [-0.4, -0.2) is 24.1 Å². The standard InChI is InChI=1S/C21H24F3N3O3/c1-21(2,3)30-12-14-6-4-5-13(9-14)10-25-20(29)26-11-17(28)27-16-8-7-15(22)18(23)19(16)24/h4-9H,10-12H2,1-3H3,(H,27,28)(H2,25,26,29). The lowest BCUT2D eigenvalue weighted by molar-refractivity contribution is -0.115. The molecule has 0 atom stereocenters. The van der Waals surface area contributed by atoms with E-state index >= 15 is 0 Å². The summed E-state index contributed by atoms with van der Waals surface area (Å²) in [6, 6.07) is 8.45. The normalized spacial score (nSPS) is 11.1. The van der Waals surface area contributed by atoms with E-state index in [0.29, 0.717) is 12.7 Å². The smallest absolute Gasteiger partial charge is 0.315 e. The van der Waals surface area contributed by atoms with Crippen LogP contribution in [0.1, 0.15) is 31.9 Å². The molecule has 162 valence electrons. The minimum Gasteiger partial charge on any atom is -0.371 e. The summed E-state index contributed by atoms with van der Waals surface area (Å²) in [6.07, 6.45) is 0. The van der Waals surface area contributed by atoms with Crippen molar-refractivity contribution >= 4 is 17.6 Å². The number of urea groups is 1. The van der Waals surface area contributed by atoms with Crippen LogP contribution >= 0.6 is 0 Å². The number of ether oxygens (including phenoxy) is 1. The van der Waals surface area contributed by atoms with Crippen molar-refractivity contribution in [3.63, 3.8) is 0 Å². The zero-order chi connectivity index (χ0) is 22.3. The summed E-state index contributed by atoms with van der Waals surface area (Å²) >= 11 is 0. The Balaban J connectivity index is 1.78. The maximum Gasteiger partial charge on any atom is 0.315 e. The molecule has 0 radical (unpaired) electrons. The molecule has 30 heavy (non-hydrogen) atoms. The Morgan fingerprint density at radius 3 is 2.37 bits per heavy atom. The number of halogens is 3. The Labute approximate surface area is 172 Å². The molecular formula is C21H24F3N3O3. The first-order valence-electron chi connectivity index (χ1n) is 9.22. The van der Waals surface area contributed by atoms with Crippen LogP contribution in [-0.2, 0) is 22.7 Å². The van der Waals surface area contributed by atoms with E-state index in [1.807, 2.05) is 45.0 Å². The van der Waals surface area contributed by atoms with Crippen molar-refractivity contribution < 1.29 is 27.5 Å². The highest BCUT2D eigenvalue weighted by atomic mass is 19.2. The summed E-state index contributed by atoms with van der Waals surface area (Å²) < 4.78 is 45.3. The molecule has 0 aromatic heterocycles. The lowest BCUT2D eigenvalue weighted by atomic mass is 10.1. The molecule has 0 saturated carbocycles. The molecule has 0 fully saturated rings. The SMILES string of the molecule is CC(C)(C)OCc1cccc(CNC(=O)NCC(=O)Nc2ccc(F)c(F)c2F)c1. The predicted octanol–water partition coefficient (Wildman–Crippen LogP) is 3.86. The fourth-order valence-electron chi connectivity index (χ4n) is 2.35. The number of hydrogen-bond acceptors (Lipinski definition) is 3. The van der Waals surface area contributed by atoms with Gasteiger partial charge in [-0.2, -0.15) is 0 Å². The zero-order valence-corrected chi connectivity index (χ0v) is 16.9. The van der Waals surface area contributed by atoms with E-state index in [-0.39, 0.29) is 12.1 Å². The van der Waals surface area contributed by atoms with Crippen LogP contribution in [0.2, 0.25) is 0 Å². The number of carbonyl (C=O) groups is 2. The lowest BCUT2D eigenvalue weighted by Gasteiger charge is -2.19. The predicted molar refractivity (Wildman–Crippen MR) is 106 cm³/mol. The minimum absolute atomic E-state index is 0.217. The van der Waals surface area contributed by atoms with Gasteiger partial charge >= 0.3 is 6.03 Å². The van der Waals surface area contributed by atoms with E-state index in [1.165, 1.54) is 0 Å². The molecule has 9 heteroatoms. The monoisotopic (exact) mass is 423 g/mol. The second kappa shape index (κ2) is 10.1. The first kappa shape index (κ1) is 23.2. The number of amides is 3. The molecule has 0 aliphatic heterocycles. The molecule has 0 heterocycles. The molecule has 0 unspecified atom stereocenters. The average Bonchev–Trinajstić information content (AvgIpc) is 2.69. The third kappa shape index (κ3) is 7.40. The van der Waals surface area contributed by atoms with Gasteiger partial charge in [0.2, 0.25) is 5.91 Å². The number of rotatable bonds is 7. The molecule has 0 aliphatic rings. The molecule has 0 spiro atoms. The van der Waals surface area contributed by atoms with Crippen molar-refractivity contribution in [3.05, 3.63) is 65.0 Å². The highest BCUT2D eigenvalue weighted by Crippen LogP contribution is 2.19. The molecule has 0 aliphatic carbocycles. The summed E-state index contributed by atoms with van der Waals surface area (Å²) in [5.74, 6) is -5.36. The van der Waals surface area contributed by atoms with Gasteiger partial charge in [-0.25, -0.2) is 18.0 Å². The first-order valence-corrected chi connectivity index (χ1v) is 9.22. The Morgan fingerprint density at radius 1 is 0.967 bits per heavy atom. The average molecular weight is 423 g/mol. The Bertz CT molecular complexity index is 914. The fraction of sp³-hybridized carbons (Fsp3) is 0.333. The van der Waals surface area contributed by atoms with Gasteiger partial charge in [-0.15, -0.1) is 0 Å². The van der Waals surface area contributed by atoms with Crippen LogP contribution in [0.15, 0.2) is 36.4 Å². The number of hydrogen-bond donors (Lipinski definition) is 3. The maximum absolute atomic E-state index is 13.5. The van der Waals surface area contributed by atoms with E-state index in [9.17, 15) is 22.8 Å². The van der Waals surface area contributed by atoms with Gasteiger partial charge in [0.25, 0.3) is 0 Å². The van der Waals surface area contributed by atoms with Gasteiger partial charge in [0, 0.05) is 6.54 Å². The number of carbonyl (C=O) groups excluding carboxylic acids is 2. The Morgan fingerprint density at radius 2 is 1.67 bits per heavy atom. The molecule has 0 bridgehead atoms. The third-order valence-electron chi connectivity index (χ3n) is 3.84. The number of benzene rings is 2. The minimum atomic E-state index is -1.69. The molecule has 2 rings (SSSR count). The van der Waals surface area contributed by atoms with E-state index in [0.717, 1.165) is 17.2 Å². The summed E-state index contributed by atoms with van der Waals surface area (Å²) in [5, 5.41) is 6.96. The molecule has 6 nitrogen and oxygen atoms in total. The summed E-state index contributed by atoms with van der Waals surface area (Å²) in [4.78, 5) is 23.7. The topological polar surface area (TPSA) is 79.5 Å². The van der Waals surface area contributed by atoms with Gasteiger partial charge < -0.3 is 20.7 Å². The van der Waals surface area contributed by atoms with Crippen molar-refractivity contribution in [2.75, 3.05) is 11.9 Å². The Kier molecular flexibility index (Phi) is 7.82. The van der Waals surface area contributed by atoms with Crippen LogP contribution in [0, 0.1) is 17.5 Å². The van der Waals surface area contributed by atoms with Crippen molar-refractivity contribution in [2.24, 2.45) is 0 Å². The lowest BCUT2D eigenvalue weighted by Crippen LogP contribution is -2.39. The largest absolute Gasteiger partial charge is 0.371 e. The second-order valence-electron chi connectivity index (χ2n) is 7.53. The summed E-state index contributed by atoms with van der Waals surface area (Å²) in [5.41, 5.74) is 1.01. The quantitative estimate of drug-likeness (QED) is 0.592. The van der Waals surface area contributed by atoms with Gasteiger partial charge in [0.05, 0.1) is 24.4 Å². The van der Waals surface area contributed by atoms with Crippen LogP contribution in [0.4, 0.5) is 23.7 Å². The van der Waals surface area contributed by atoms with E-state index < -0.39 is 41.6 Å². The highest BCUT2D eigenvalue weighted by Gasteiger charge is 2.15. The summed E-state index contributed by atoms with van der Waals surface area (Å²) in [7, 11) is 0. The van der Waals surface area contributed by atoms with Crippen LogP contribution in [0.5, 0.6) is 0 Å². The van der Waals surface area contributed by atoms with Crippen molar-refractivity contribution in [2.45, 2.75) is 39.5 Å². The number of nitrogens with one attached hydrogen (secondary N) is 3. The van der Waals surface area contributed by atoms with Crippen LogP contribution < -0.4 is 16.0 Å². The van der Waals surface area contributed by atoms with Gasteiger partial charge in [0.15, 0.2) is 17.5 Å². The van der Waals surface area contributed by atoms with Crippen molar-refractivity contribution in [1.82, 2.24) is 10.6 Å². The highest BCUT2D eigenvalue weighted by molar-refractivity contribution is 5.94. The number of anilines is 1. The Hall–Kier alpha value is -3.07.